The molecule has 0 saturated carbocycles. The van der Waals surface area contributed by atoms with Crippen molar-refractivity contribution < 1.29 is 2.74 Å². The van der Waals surface area contributed by atoms with Gasteiger partial charge in [-0.1, -0.05) is 27.2 Å². The standard InChI is InChI=1S/C14H29N/c1-13(2,3)11-12-9-7-8-10-15(12)14(4,5)6/h12H,7-11H2,1-6H3/i11D2. The van der Waals surface area contributed by atoms with E-state index in [1.54, 1.807) is 0 Å². The van der Waals surface area contributed by atoms with E-state index in [-0.39, 0.29) is 17.0 Å². The van der Waals surface area contributed by atoms with Crippen molar-refractivity contribution in [3.63, 3.8) is 0 Å². The lowest BCUT2D eigenvalue weighted by atomic mass is 9.82. The third kappa shape index (κ3) is 4.14. The molecule has 0 aliphatic carbocycles. The zero-order valence-electron chi connectivity index (χ0n) is 13.4. The normalized spacial score (nSPS) is 28.5. The smallest absolute Gasteiger partial charge is 0.0288 e. The van der Waals surface area contributed by atoms with E-state index in [0.29, 0.717) is 0 Å². The van der Waals surface area contributed by atoms with E-state index in [4.69, 9.17) is 2.74 Å². The molecule has 0 aromatic rings. The molecule has 1 heteroatoms. The van der Waals surface area contributed by atoms with Crippen molar-refractivity contribution in [1.29, 1.82) is 0 Å². The molecule has 1 saturated heterocycles. The van der Waals surface area contributed by atoms with Gasteiger partial charge >= 0.3 is 0 Å². The summed E-state index contributed by atoms with van der Waals surface area (Å²) in [6.07, 6.45) is 2.21. The number of piperidine rings is 1. The molecule has 0 N–H and O–H groups in total. The number of hydrogen-bond donors (Lipinski definition) is 0. The molecule has 90 valence electrons. The van der Waals surface area contributed by atoms with Gasteiger partial charge in [0.05, 0.1) is 0 Å². The van der Waals surface area contributed by atoms with Crippen molar-refractivity contribution >= 4 is 0 Å². The van der Waals surface area contributed by atoms with E-state index in [9.17, 15) is 0 Å². The molecule has 0 aromatic carbocycles. The number of rotatable bonds is 1. The Morgan fingerprint density at radius 2 is 1.73 bits per heavy atom. The Balaban J connectivity index is 3.00. The van der Waals surface area contributed by atoms with Crippen LogP contribution in [0.1, 0.15) is 69.9 Å². The first-order valence-electron chi connectivity index (χ1n) is 7.24. The molecule has 0 radical (unpaired) electrons. The fourth-order valence-corrected chi connectivity index (χ4v) is 2.38. The molecule has 0 spiro atoms. The highest BCUT2D eigenvalue weighted by atomic mass is 15.2. The molecule has 1 aliphatic heterocycles. The largest absolute Gasteiger partial charge is 0.296 e. The zero-order valence-corrected chi connectivity index (χ0v) is 11.4. The monoisotopic (exact) mass is 213 g/mol. The van der Waals surface area contributed by atoms with Gasteiger partial charge < -0.3 is 0 Å². The lowest BCUT2D eigenvalue weighted by Crippen LogP contribution is -2.51. The van der Waals surface area contributed by atoms with Crippen LogP contribution in [-0.2, 0) is 0 Å². The van der Waals surface area contributed by atoms with E-state index in [1.165, 1.54) is 6.42 Å². The van der Waals surface area contributed by atoms with Crippen molar-refractivity contribution in [2.75, 3.05) is 6.54 Å². The summed E-state index contributed by atoms with van der Waals surface area (Å²) < 4.78 is 17.0. The van der Waals surface area contributed by atoms with Crippen LogP contribution in [0.15, 0.2) is 0 Å². The van der Waals surface area contributed by atoms with Crippen LogP contribution < -0.4 is 0 Å². The first-order valence-corrected chi connectivity index (χ1v) is 6.24. The highest BCUT2D eigenvalue weighted by Gasteiger charge is 2.33. The molecule has 1 aliphatic rings. The van der Waals surface area contributed by atoms with Gasteiger partial charge in [0.1, 0.15) is 0 Å². The summed E-state index contributed by atoms with van der Waals surface area (Å²) in [4.78, 5) is 2.38. The Hall–Kier alpha value is -0.0400. The molecule has 1 rings (SSSR count). The van der Waals surface area contributed by atoms with E-state index in [1.807, 2.05) is 20.8 Å². The average molecular weight is 213 g/mol. The third-order valence-corrected chi connectivity index (χ3v) is 2.96. The number of hydrogen-bond acceptors (Lipinski definition) is 1. The minimum atomic E-state index is -1.14. The molecule has 1 atom stereocenters. The van der Waals surface area contributed by atoms with Crippen molar-refractivity contribution in [2.24, 2.45) is 5.41 Å². The second-order valence-electron chi connectivity index (χ2n) is 6.77. The summed E-state index contributed by atoms with van der Waals surface area (Å²) in [5.74, 6) is 0. The third-order valence-electron chi connectivity index (χ3n) is 2.96. The van der Waals surface area contributed by atoms with Crippen LogP contribution in [0.3, 0.4) is 0 Å². The minimum absolute atomic E-state index is 0.0521. The average Bonchev–Trinajstić information content (AvgIpc) is 2.14. The van der Waals surface area contributed by atoms with Gasteiger partial charge in [-0.15, -0.1) is 0 Å². The lowest BCUT2D eigenvalue weighted by Gasteiger charge is -2.46. The quantitative estimate of drug-likeness (QED) is 0.634. The van der Waals surface area contributed by atoms with Crippen LogP contribution in [-0.4, -0.2) is 23.0 Å². The van der Waals surface area contributed by atoms with Crippen molar-refractivity contribution in [3.8, 4) is 0 Å². The van der Waals surface area contributed by atoms with Crippen LogP contribution in [0.5, 0.6) is 0 Å². The van der Waals surface area contributed by atoms with E-state index in [2.05, 4.69) is 25.7 Å². The highest BCUT2D eigenvalue weighted by Crippen LogP contribution is 2.33. The molecule has 1 heterocycles. The van der Waals surface area contributed by atoms with Crippen LogP contribution in [0.25, 0.3) is 0 Å². The Bertz CT molecular complexity index is 260. The van der Waals surface area contributed by atoms with Gasteiger partial charge in [-0.25, -0.2) is 0 Å². The van der Waals surface area contributed by atoms with Crippen LogP contribution in [0.2, 0.25) is 0 Å². The Morgan fingerprint density at radius 3 is 2.20 bits per heavy atom. The second-order valence-corrected chi connectivity index (χ2v) is 6.77. The molecule has 1 nitrogen and oxygen atoms in total. The van der Waals surface area contributed by atoms with Crippen LogP contribution in [0.4, 0.5) is 0 Å². The van der Waals surface area contributed by atoms with E-state index < -0.39 is 6.37 Å². The van der Waals surface area contributed by atoms with Crippen molar-refractivity contribution in [3.05, 3.63) is 0 Å². The Morgan fingerprint density at radius 1 is 1.13 bits per heavy atom. The first kappa shape index (κ1) is 10.1. The summed E-state index contributed by atoms with van der Waals surface area (Å²) in [6, 6.07) is 0.0521. The molecular weight excluding hydrogens is 182 g/mol. The number of likely N-dealkylation sites (tertiary alicyclic amines) is 1. The summed E-state index contributed by atoms with van der Waals surface area (Å²) in [7, 11) is 0. The summed E-state index contributed by atoms with van der Waals surface area (Å²) in [5.41, 5.74) is -0.248. The molecule has 0 bridgehead atoms. The van der Waals surface area contributed by atoms with Gasteiger partial charge in [0, 0.05) is 14.3 Å². The Kier molecular flexibility index (Phi) is 3.01. The molecule has 1 unspecified atom stereocenters. The van der Waals surface area contributed by atoms with Crippen LogP contribution >= 0.6 is 0 Å². The van der Waals surface area contributed by atoms with Gasteiger partial charge in [-0.2, -0.15) is 0 Å². The van der Waals surface area contributed by atoms with Gasteiger partial charge in [0.2, 0.25) is 0 Å². The topological polar surface area (TPSA) is 3.24 Å². The maximum atomic E-state index is 8.51. The van der Waals surface area contributed by atoms with Crippen molar-refractivity contribution in [2.45, 2.75) is 78.8 Å². The predicted molar refractivity (Wildman–Crippen MR) is 68.2 cm³/mol. The molecule has 1 fully saturated rings. The van der Waals surface area contributed by atoms with Crippen molar-refractivity contribution in [1.82, 2.24) is 4.90 Å². The van der Waals surface area contributed by atoms with E-state index in [0.717, 1.165) is 19.4 Å². The van der Waals surface area contributed by atoms with Gasteiger partial charge in [-0.3, -0.25) is 4.90 Å². The SMILES string of the molecule is [2H]C([2H])(C1CCCCN1C(C)(C)C)C(C)(C)C. The highest BCUT2D eigenvalue weighted by molar-refractivity contribution is 4.88. The summed E-state index contributed by atoms with van der Waals surface area (Å²) in [6.45, 7) is 13.7. The van der Waals surface area contributed by atoms with Gasteiger partial charge in [0.15, 0.2) is 0 Å². The molecule has 0 aromatic heterocycles. The number of nitrogens with zero attached hydrogens (tertiary/aromatic N) is 1. The predicted octanol–water partition coefficient (Wildman–Crippen LogP) is 4.08. The maximum absolute atomic E-state index is 8.51. The minimum Gasteiger partial charge on any atom is -0.296 e. The van der Waals surface area contributed by atoms with E-state index >= 15 is 0 Å². The molecule has 15 heavy (non-hydrogen) atoms. The summed E-state index contributed by atoms with van der Waals surface area (Å²) in [5, 5.41) is 0. The maximum Gasteiger partial charge on any atom is 0.0288 e. The first-order chi connectivity index (χ1) is 7.48. The van der Waals surface area contributed by atoms with Crippen LogP contribution in [0, 0.1) is 5.41 Å². The molecular formula is C14H29N. The van der Waals surface area contributed by atoms with Gasteiger partial charge in [-0.05, 0) is 51.9 Å². The van der Waals surface area contributed by atoms with Gasteiger partial charge in [0.25, 0.3) is 0 Å². The fourth-order valence-electron chi connectivity index (χ4n) is 2.38. The lowest BCUT2D eigenvalue weighted by molar-refractivity contribution is 0.0306. The fraction of sp³-hybridized carbons (Fsp3) is 1.00. The second kappa shape index (κ2) is 4.45. The zero-order chi connectivity index (χ0) is 13.5. The molecule has 0 amide bonds. The Labute approximate surface area is 99.0 Å². The summed E-state index contributed by atoms with van der Waals surface area (Å²) >= 11 is 0.